The monoisotopic (exact) mass is 427 g/mol. The molecule has 0 N–H and O–H groups in total. The van der Waals surface area contributed by atoms with Gasteiger partial charge < -0.3 is 9.64 Å². The van der Waals surface area contributed by atoms with Crippen molar-refractivity contribution in [1.29, 1.82) is 0 Å². The fourth-order valence-corrected chi connectivity index (χ4v) is 4.64. The average Bonchev–Trinajstić information content (AvgIpc) is 3.18. The van der Waals surface area contributed by atoms with Crippen LogP contribution in [0.2, 0.25) is 5.02 Å². The van der Waals surface area contributed by atoms with E-state index in [2.05, 4.69) is 0 Å². The maximum Gasteiger partial charge on any atom is 0.258 e. The topological polar surface area (TPSA) is 29.5 Å². The molecule has 1 atom stereocenters. The number of halogens is 1. The fourth-order valence-electron chi connectivity index (χ4n) is 4.35. The molecule has 1 unspecified atom stereocenters. The molecule has 0 aliphatic carbocycles. The van der Waals surface area contributed by atoms with Crippen LogP contribution in [0.25, 0.3) is 10.8 Å². The van der Waals surface area contributed by atoms with Gasteiger partial charge in [0.2, 0.25) is 0 Å². The molecule has 4 aromatic rings. The smallest absolute Gasteiger partial charge is 0.258 e. The molecule has 0 aromatic heterocycles. The van der Waals surface area contributed by atoms with Crippen LogP contribution >= 0.6 is 11.6 Å². The van der Waals surface area contributed by atoms with Gasteiger partial charge in [0.15, 0.2) is 0 Å². The van der Waals surface area contributed by atoms with Gasteiger partial charge in [-0.3, -0.25) is 4.79 Å². The van der Waals surface area contributed by atoms with Crippen LogP contribution in [-0.2, 0) is 17.8 Å². The number of nitrogens with zero attached hydrogens (tertiary/aromatic N) is 1. The highest BCUT2D eigenvalue weighted by Gasteiger charge is 2.36. The van der Waals surface area contributed by atoms with Gasteiger partial charge in [0.05, 0.1) is 24.9 Å². The first-order valence-electron chi connectivity index (χ1n) is 10.4. The first-order valence-corrected chi connectivity index (χ1v) is 10.8. The molecule has 1 aliphatic rings. The van der Waals surface area contributed by atoms with Crippen molar-refractivity contribution in [3.63, 3.8) is 0 Å². The normalized spacial score (nSPS) is 15.3. The molecule has 0 spiro atoms. The lowest BCUT2D eigenvalue weighted by Crippen LogP contribution is -2.40. The summed E-state index contributed by atoms with van der Waals surface area (Å²) in [6.45, 7) is 0.969. The number of hydrogen-bond acceptors (Lipinski definition) is 2. The number of carbonyl (C=O) groups is 1. The lowest BCUT2D eigenvalue weighted by atomic mass is 10.0. The van der Waals surface area contributed by atoms with E-state index in [0.29, 0.717) is 30.2 Å². The van der Waals surface area contributed by atoms with Crippen molar-refractivity contribution in [3.8, 4) is 0 Å². The summed E-state index contributed by atoms with van der Waals surface area (Å²) >= 11 is 6.58. The Morgan fingerprint density at radius 2 is 1.55 bits per heavy atom. The highest BCUT2D eigenvalue weighted by molar-refractivity contribution is 6.36. The molecule has 0 saturated carbocycles. The summed E-state index contributed by atoms with van der Waals surface area (Å²) in [5.41, 5.74) is 3.82. The van der Waals surface area contributed by atoms with E-state index in [0.717, 1.165) is 27.6 Å². The minimum Gasteiger partial charge on any atom is -0.375 e. The lowest BCUT2D eigenvalue weighted by Gasteiger charge is -2.27. The average molecular weight is 428 g/mol. The molecule has 1 aliphatic heterocycles. The number of benzene rings is 4. The molecule has 3 nitrogen and oxygen atoms in total. The molecule has 1 heterocycles. The van der Waals surface area contributed by atoms with Crippen molar-refractivity contribution in [1.82, 2.24) is 0 Å². The maximum atomic E-state index is 13.6. The van der Waals surface area contributed by atoms with Gasteiger partial charge in [-0.1, -0.05) is 84.4 Å². The zero-order chi connectivity index (χ0) is 21.2. The highest BCUT2D eigenvalue weighted by atomic mass is 35.5. The lowest BCUT2D eigenvalue weighted by molar-refractivity contribution is 0.0887. The van der Waals surface area contributed by atoms with Gasteiger partial charge in [-0.15, -0.1) is 0 Å². The Morgan fingerprint density at radius 3 is 2.29 bits per heavy atom. The summed E-state index contributed by atoms with van der Waals surface area (Å²) in [6, 6.07) is 29.4. The van der Waals surface area contributed by atoms with Crippen molar-refractivity contribution < 1.29 is 9.53 Å². The van der Waals surface area contributed by atoms with E-state index in [9.17, 15) is 4.79 Å². The van der Waals surface area contributed by atoms with Crippen LogP contribution in [0.1, 0.15) is 21.5 Å². The summed E-state index contributed by atoms with van der Waals surface area (Å²) in [5, 5.41) is 2.67. The minimum atomic E-state index is -0.0895. The molecule has 4 heteroatoms. The molecule has 5 rings (SSSR count). The van der Waals surface area contributed by atoms with Gasteiger partial charge in [0.25, 0.3) is 5.91 Å². The van der Waals surface area contributed by atoms with Gasteiger partial charge in [-0.2, -0.15) is 0 Å². The van der Waals surface area contributed by atoms with E-state index >= 15 is 0 Å². The van der Waals surface area contributed by atoms with E-state index in [1.165, 1.54) is 0 Å². The van der Waals surface area contributed by atoms with Crippen molar-refractivity contribution in [3.05, 3.63) is 113 Å². The number of carbonyl (C=O) groups excluding carboxylic acids is 1. The summed E-state index contributed by atoms with van der Waals surface area (Å²) in [7, 11) is 0. The SMILES string of the molecule is O=C(c1ccccc1)N1c2c(cc(Cl)c3ccccc23)CC1COCc1ccccc1. The zero-order valence-electron chi connectivity index (χ0n) is 17.0. The zero-order valence-corrected chi connectivity index (χ0v) is 17.8. The van der Waals surface area contributed by atoms with Crippen LogP contribution in [0.3, 0.4) is 0 Å². The molecule has 0 saturated heterocycles. The number of amides is 1. The molecule has 0 bridgehead atoms. The third-order valence-corrected chi connectivity index (χ3v) is 6.08. The fraction of sp³-hybridized carbons (Fsp3) is 0.148. The third-order valence-electron chi connectivity index (χ3n) is 5.77. The van der Waals surface area contributed by atoms with Crippen molar-refractivity contribution in [2.45, 2.75) is 19.1 Å². The first-order chi connectivity index (χ1) is 15.2. The minimum absolute atomic E-state index is 0.0138. The van der Waals surface area contributed by atoms with Crippen LogP contribution in [0, 0.1) is 0 Å². The second-order valence-corrected chi connectivity index (χ2v) is 8.22. The first kappa shape index (κ1) is 19.8. The quantitative estimate of drug-likeness (QED) is 0.375. The van der Waals surface area contributed by atoms with Crippen LogP contribution < -0.4 is 4.90 Å². The van der Waals surface area contributed by atoms with Crippen molar-refractivity contribution in [2.24, 2.45) is 0 Å². The molecule has 154 valence electrons. The van der Waals surface area contributed by atoms with Gasteiger partial charge in [0.1, 0.15) is 0 Å². The predicted octanol–water partition coefficient (Wildman–Crippen LogP) is 6.28. The number of anilines is 1. The molecular formula is C27H22ClNO2. The second-order valence-electron chi connectivity index (χ2n) is 7.81. The molecule has 0 radical (unpaired) electrons. The number of hydrogen-bond donors (Lipinski definition) is 0. The Balaban J connectivity index is 1.51. The van der Waals surface area contributed by atoms with Crippen molar-refractivity contribution in [2.75, 3.05) is 11.5 Å². The Hall–Kier alpha value is -3.14. The molecule has 0 fully saturated rings. The third kappa shape index (κ3) is 3.83. The van der Waals surface area contributed by atoms with E-state index < -0.39 is 0 Å². The molecule has 1 amide bonds. The van der Waals surface area contributed by atoms with E-state index in [4.69, 9.17) is 16.3 Å². The molecular weight excluding hydrogens is 406 g/mol. The van der Waals surface area contributed by atoms with Crippen LogP contribution in [0.4, 0.5) is 5.69 Å². The van der Waals surface area contributed by atoms with Gasteiger partial charge >= 0.3 is 0 Å². The van der Waals surface area contributed by atoms with Crippen LogP contribution in [0.15, 0.2) is 91.0 Å². The van der Waals surface area contributed by atoms with E-state index in [1.54, 1.807) is 0 Å². The highest BCUT2D eigenvalue weighted by Crippen LogP contribution is 2.42. The summed E-state index contributed by atoms with van der Waals surface area (Å²) in [6.07, 6.45) is 0.716. The Bertz CT molecular complexity index is 1220. The van der Waals surface area contributed by atoms with Gasteiger partial charge in [-0.25, -0.2) is 0 Å². The van der Waals surface area contributed by atoms with Crippen LogP contribution in [-0.4, -0.2) is 18.6 Å². The number of ether oxygens (including phenoxy) is 1. The maximum absolute atomic E-state index is 13.6. The predicted molar refractivity (Wildman–Crippen MR) is 126 cm³/mol. The molecule has 4 aromatic carbocycles. The van der Waals surface area contributed by atoms with Crippen LogP contribution in [0.5, 0.6) is 0 Å². The second kappa shape index (κ2) is 8.54. The molecule has 31 heavy (non-hydrogen) atoms. The standard InChI is InChI=1S/C27H22ClNO2/c28-25-16-21-15-22(18-31-17-19-9-3-1-4-10-19)29(27(30)20-11-5-2-6-12-20)26(21)24-14-8-7-13-23(24)25/h1-14,16,22H,15,17-18H2. The Morgan fingerprint density at radius 1 is 0.903 bits per heavy atom. The summed E-state index contributed by atoms with van der Waals surface area (Å²) in [4.78, 5) is 15.5. The largest absolute Gasteiger partial charge is 0.375 e. The van der Waals surface area contributed by atoms with Gasteiger partial charge in [-0.05, 0) is 35.7 Å². The summed E-state index contributed by atoms with van der Waals surface area (Å²) < 4.78 is 6.07. The van der Waals surface area contributed by atoms with E-state index in [1.807, 2.05) is 95.9 Å². The summed E-state index contributed by atoms with van der Waals surface area (Å²) in [5.74, 6) is -0.0138. The Kier molecular flexibility index (Phi) is 5.46. The Labute approximate surface area is 186 Å². The van der Waals surface area contributed by atoms with E-state index in [-0.39, 0.29) is 11.9 Å². The number of rotatable bonds is 5. The van der Waals surface area contributed by atoms with Crippen molar-refractivity contribution >= 4 is 34.0 Å². The number of fused-ring (bicyclic) bond motifs is 3. The van der Waals surface area contributed by atoms with Gasteiger partial charge in [0, 0.05) is 21.4 Å².